The fourth-order valence-electron chi connectivity index (χ4n) is 4.34. The first-order chi connectivity index (χ1) is 18.5. The summed E-state index contributed by atoms with van der Waals surface area (Å²) < 4.78 is 11.9. The van der Waals surface area contributed by atoms with Gasteiger partial charge < -0.3 is 34.9 Å². The smallest absolute Gasteiger partial charge is 0.408 e. The molecule has 0 unspecified atom stereocenters. The summed E-state index contributed by atoms with van der Waals surface area (Å²) in [7, 11) is 3.02. The lowest BCUT2D eigenvalue weighted by Crippen LogP contribution is -2.62. The van der Waals surface area contributed by atoms with Crippen LogP contribution in [0, 0.1) is 5.92 Å². The molecule has 0 bridgehead atoms. The first kappa shape index (κ1) is 32.6. The van der Waals surface area contributed by atoms with Crippen LogP contribution in [0.4, 0.5) is 4.79 Å². The predicted octanol–water partition coefficient (Wildman–Crippen LogP) is 1.06. The molecule has 0 radical (unpaired) electrons. The molecule has 4 amide bonds. The van der Waals surface area contributed by atoms with E-state index in [9.17, 15) is 24.0 Å². The van der Waals surface area contributed by atoms with Crippen molar-refractivity contribution in [3.8, 4) is 0 Å². The predicted molar refractivity (Wildman–Crippen MR) is 146 cm³/mol. The second kappa shape index (κ2) is 13.1. The number of ether oxygens (including phenoxy) is 2. The molecule has 0 spiro atoms. The Morgan fingerprint density at radius 1 is 1.10 bits per heavy atom. The van der Waals surface area contributed by atoms with E-state index in [0.29, 0.717) is 25.1 Å². The van der Waals surface area contributed by atoms with Crippen molar-refractivity contribution in [2.75, 3.05) is 13.7 Å². The van der Waals surface area contributed by atoms with Crippen LogP contribution in [-0.4, -0.2) is 87.2 Å². The molecule has 40 heavy (non-hydrogen) atoms. The zero-order valence-electron chi connectivity index (χ0n) is 25.0. The maximum absolute atomic E-state index is 13.7. The summed E-state index contributed by atoms with van der Waals surface area (Å²) in [5, 5.41) is 8.03. The van der Waals surface area contributed by atoms with E-state index in [1.165, 1.54) is 25.9 Å². The van der Waals surface area contributed by atoms with Gasteiger partial charge in [0, 0.05) is 31.9 Å². The molecule has 224 valence electrons. The van der Waals surface area contributed by atoms with Crippen molar-refractivity contribution in [2.45, 2.75) is 97.0 Å². The number of esters is 1. The number of imidazole rings is 1. The lowest BCUT2D eigenvalue weighted by molar-refractivity contribution is -0.147. The topological polar surface area (TPSA) is 161 Å². The number of hydrogen-bond donors (Lipinski definition) is 3. The molecule has 3 atom stereocenters. The number of nitrogens with zero attached hydrogens (tertiary/aromatic N) is 3. The molecule has 2 heterocycles. The molecule has 3 N–H and O–H groups in total. The number of nitrogens with one attached hydrogen (secondary N) is 3. The van der Waals surface area contributed by atoms with E-state index in [-0.39, 0.29) is 12.3 Å². The number of alkyl carbamates (subject to hydrolysis) is 1. The molecule has 1 aromatic heterocycles. The zero-order chi connectivity index (χ0) is 30.4. The Balaban J connectivity index is 2.20. The summed E-state index contributed by atoms with van der Waals surface area (Å²) in [5.41, 5.74) is -1.45. The Morgan fingerprint density at radius 2 is 1.75 bits per heavy atom. The number of methoxy groups -OCH3 is 1. The normalized spacial score (nSPS) is 17.1. The standard InChI is InChI=1S/C27H44N6O7/c1-16(2)20(23(36)39-9)30-24(37)27(6,7)31-21(34)19-11-10-12-33(19)22(35)18(13-17-14-28-15-32(17)8)29-25(38)40-26(3,4)5/h14-16,18-20H,10-13H2,1-9H3,(H,29,38)(H,30,37)(H,31,34)/t18-,19+,20+/m0/s1. The molecule has 13 nitrogen and oxygen atoms in total. The number of likely N-dealkylation sites (tertiary alicyclic amines) is 1. The van der Waals surface area contributed by atoms with Crippen molar-refractivity contribution in [3.05, 3.63) is 18.2 Å². The minimum absolute atomic E-state index is 0.136. The lowest BCUT2D eigenvalue weighted by Gasteiger charge is -2.33. The molecule has 1 aliphatic heterocycles. The molecule has 1 saturated heterocycles. The molecule has 1 aliphatic rings. The van der Waals surface area contributed by atoms with Crippen LogP contribution < -0.4 is 16.0 Å². The lowest BCUT2D eigenvalue weighted by atomic mass is 9.99. The number of aryl methyl sites for hydroxylation is 1. The largest absolute Gasteiger partial charge is 0.467 e. The minimum atomic E-state index is -1.39. The van der Waals surface area contributed by atoms with E-state index in [1.54, 1.807) is 58.8 Å². The van der Waals surface area contributed by atoms with Gasteiger partial charge in [-0.25, -0.2) is 14.6 Å². The van der Waals surface area contributed by atoms with Gasteiger partial charge in [0.15, 0.2) is 0 Å². The quantitative estimate of drug-likeness (QED) is 0.356. The number of amides is 4. The fraction of sp³-hybridized carbons (Fsp3) is 0.704. The molecule has 13 heteroatoms. The number of rotatable bonds is 10. The number of carbonyl (C=O) groups is 5. The van der Waals surface area contributed by atoms with Gasteiger partial charge in [0.25, 0.3) is 0 Å². The van der Waals surface area contributed by atoms with E-state index in [1.807, 2.05) is 0 Å². The van der Waals surface area contributed by atoms with E-state index >= 15 is 0 Å². The van der Waals surface area contributed by atoms with Crippen molar-refractivity contribution in [1.82, 2.24) is 30.4 Å². The van der Waals surface area contributed by atoms with Crippen LogP contribution in [0.5, 0.6) is 0 Å². The van der Waals surface area contributed by atoms with Crippen molar-refractivity contribution >= 4 is 29.8 Å². The van der Waals surface area contributed by atoms with Crippen LogP contribution in [0.25, 0.3) is 0 Å². The first-order valence-corrected chi connectivity index (χ1v) is 13.4. The Morgan fingerprint density at radius 3 is 2.27 bits per heavy atom. The fourth-order valence-corrected chi connectivity index (χ4v) is 4.34. The van der Waals surface area contributed by atoms with Crippen LogP contribution in [0.3, 0.4) is 0 Å². The summed E-state index contributed by atoms with van der Waals surface area (Å²) in [6, 6.07) is -2.75. The second-order valence-corrected chi connectivity index (χ2v) is 11.9. The Kier molecular flexibility index (Phi) is 10.7. The summed E-state index contributed by atoms with van der Waals surface area (Å²) >= 11 is 0. The van der Waals surface area contributed by atoms with Gasteiger partial charge in [0.05, 0.1) is 13.4 Å². The molecular formula is C27H44N6O7. The van der Waals surface area contributed by atoms with Crippen LogP contribution in [0.1, 0.15) is 67.0 Å². The van der Waals surface area contributed by atoms with Gasteiger partial charge in [-0.05, 0) is 53.4 Å². The number of carbonyl (C=O) groups excluding carboxylic acids is 5. The van der Waals surface area contributed by atoms with Gasteiger partial charge in [-0.1, -0.05) is 13.8 Å². The Hall–Kier alpha value is -3.64. The molecule has 1 aromatic rings. The van der Waals surface area contributed by atoms with Gasteiger partial charge in [-0.15, -0.1) is 0 Å². The van der Waals surface area contributed by atoms with Crippen molar-refractivity contribution in [2.24, 2.45) is 13.0 Å². The van der Waals surface area contributed by atoms with Crippen LogP contribution in [0.15, 0.2) is 12.5 Å². The average Bonchev–Trinajstić information content (AvgIpc) is 3.48. The van der Waals surface area contributed by atoms with Crippen molar-refractivity contribution in [1.29, 1.82) is 0 Å². The van der Waals surface area contributed by atoms with Gasteiger partial charge in [-0.2, -0.15) is 0 Å². The minimum Gasteiger partial charge on any atom is -0.467 e. The molecule has 2 rings (SSSR count). The van der Waals surface area contributed by atoms with E-state index < -0.39 is 59.0 Å². The summed E-state index contributed by atoms with van der Waals surface area (Å²) in [6.07, 6.45) is 3.53. The van der Waals surface area contributed by atoms with Gasteiger partial charge in [-0.3, -0.25) is 14.4 Å². The average molecular weight is 565 g/mol. The summed E-state index contributed by atoms with van der Waals surface area (Å²) in [5.74, 6) is -2.35. The third kappa shape index (κ3) is 8.68. The summed E-state index contributed by atoms with van der Waals surface area (Å²) in [4.78, 5) is 70.4. The van der Waals surface area contributed by atoms with Crippen molar-refractivity contribution < 1.29 is 33.4 Å². The number of aromatic nitrogens is 2. The zero-order valence-corrected chi connectivity index (χ0v) is 25.0. The maximum Gasteiger partial charge on any atom is 0.408 e. The highest BCUT2D eigenvalue weighted by molar-refractivity contribution is 5.96. The molecule has 0 aromatic carbocycles. The van der Waals surface area contributed by atoms with E-state index in [4.69, 9.17) is 9.47 Å². The Labute approximate surface area is 235 Å². The van der Waals surface area contributed by atoms with Crippen LogP contribution >= 0.6 is 0 Å². The van der Waals surface area contributed by atoms with E-state index in [2.05, 4.69) is 20.9 Å². The highest BCUT2D eigenvalue weighted by Crippen LogP contribution is 2.21. The van der Waals surface area contributed by atoms with Crippen molar-refractivity contribution in [3.63, 3.8) is 0 Å². The maximum atomic E-state index is 13.7. The van der Waals surface area contributed by atoms with Gasteiger partial charge in [0.2, 0.25) is 17.7 Å². The third-order valence-electron chi connectivity index (χ3n) is 6.57. The second-order valence-electron chi connectivity index (χ2n) is 11.9. The number of hydrogen-bond acceptors (Lipinski definition) is 8. The Bertz CT molecular complexity index is 1090. The first-order valence-electron chi connectivity index (χ1n) is 13.4. The highest BCUT2D eigenvalue weighted by Gasteiger charge is 2.41. The summed E-state index contributed by atoms with van der Waals surface area (Å²) in [6.45, 7) is 12.0. The van der Waals surface area contributed by atoms with Gasteiger partial charge >= 0.3 is 12.1 Å². The van der Waals surface area contributed by atoms with E-state index in [0.717, 1.165) is 0 Å². The van der Waals surface area contributed by atoms with Crippen LogP contribution in [0.2, 0.25) is 0 Å². The van der Waals surface area contributed by atoms with Gasteiger partial charge in [0.1, 0.15) is 29.3 Å². The third-order valence-corrected chi connectivity index (χ3v) is 6.57. The molecule has 1 fully saturated rings. The highest BCUT2D eigenvalue weighted by atomic mass is 16.6. The molecule has 0 saturated carbocycles. The molecule has 0 aliphatic carbocycles. The van der Waals surface area contributed by atoms with Crippen LogP contribution in [-0.2, 0) is 42.1 Å². The SMILES string of the molecule is COC(=O)[C@H](NC(=O)C(C)(C)NC(=O)[C@H]1CCCN1C(=O)[C@H](Cc1cncn1C)NC(=O)OC(C)(C)C)C(C)C. The monoisotopic (exact) mass is 564 g/mol. The molecular weight excluding hydrogens is 520 g/mol.